The predicted octanol–water partition coefficient (Wildman–Crippen LogP) is 1.90. The Morgan fingerprint density at radius 1 is 1.37 bits per heavy atom. The van der Waals surface area contributed by atoms with Gasteiger partial charge in [-0.1, -0.05) is 19.6 Å². The van der Waals surface area contributed by atoms with Crippen LogP contribution in [0.3, 0.4) is 0 Å². The number of amides is 1. The molecule has 0 aliphatic heterocycles. The third kappa shape index (κ3) is 2.21. The van der Waals surface area contributed by atoms with Crippen LogP contribution in [0.5, 0.6) is 0 Å². The first-order valence-corrected chi connectivity index (χ1v) is 6.26. The molecule has 0 aliphatic rings. The summed E-state index contributed by atoms with van der Waals surface area (Å²) in [6, 6.07) is 7.97. The molecule has 2 aromatic rings. The van der Waals surface area contributed by atoms with Crippen molar-refractivity contribution in [2.75, 3.05) is 19.1 Å². The number of benzene rings is 1. The molecule has 1 aromatic carbocycles. The van der Waals surface area contributed by atoms with Gasteiger partial charge in [-0.15, -0.1) is 0 Å². The normalized spacial score (nSPS) is 10.7. The van der Waals surface area contributed by atoms with Crippen LogP contribution in [0.25, 0.3) is 16.5 Å². The van der Waals surface area contributed by atoms with Crippen LogP contribution in [0.2, 0.25) is 0 Å². The Balaban J connectivity index is 2.63. The van der Waals surface area contributed by atoms with Crippen molar-refractivity contribution < 1.29 is 4.79 Å². The van der Waals surface area contributed by atoms with Crippen molar-refractivity contribution in [3.8, 4) is 0 Å². The average molecular weight is 257 g/mol. The molecule has 0 unspecified atom stereocenters. The zero-order chi connectivity index (χ0) is 14.2. The fourth-order valence-electron chi connectivity index (χ4n) is 2.31. The van der Waals surface area contributed by atoms with Crippen LogP contribution in [0, 0.1) is 0 Å². The van der Waals surface area contributed by atoms with Crippen molar-refractivity contribution in [3.63, 3.8) is 0 Å². The van der Waals surface area contributed by atoms with Gasteiger partial charge in [0.2, 0.25) is 5.91 Å². The second-order valence-electron chi connectivity index (χ2n) is 4.76. The average Bonchev–Trinajstić information content (AvgIpc) is 2.74. The molecule has 19 heavy (non-hydrogen) atoms. The van der Waals surface area contributed by atoms with Gasteiger partial charge in [0.15, 0.2) is 0 Å². The molecular weight excluding hydrogens is 238 g/mol. The maximum Gasteiger partial charge on any atom is 0.248 e. The van der Waals surface area contributed by atoms with E-state index < -0.39 is 5.91 Å². The number of hydrogen-bond donors (Lipinski definition) is 1. The molecule has 2 N–H and O–H groups in total. The van der Waals surface area contributed by atoms with Crippen molar-refractivity contribution in [1.29, 1.82) is 0 Å². The molecule has 0 aliphatic carbocycles. The molecule has 0 saturated carbocycles. The van der Waals surface area contributed by atoms with Crippen LogP contribution < -0.4 is 10.7 Å². The van der Waals surface area contributed by atoms with Gasteiger partial charge in [0.05, 0.1) is 5.52 Å². The van der Waals surface area contributed by atoms with Gasteiger partial charge < -0.3 is 10.7 Å². The monoisotopic (exact) mass is 257 g/mol. The highest BCUT2D eigenvalue weighted by Gasteiger charge is 2.11. The largest absolute Gasteiger partial charge is 0.366 e. The number of primary amides is 1. The number of fused-ring (bicyclic) bond motifs is 1. The summed E-state index contributed by atoms with van der Waals surface area (Å²) in [6.45, 7) is 5.85. The van der Waals surface area contributed by atoms with E-state index in [-0.39, 0.29) is 0 Å². The summed E-state index contributed by atoms with van der Waals surface area (Å²) >= 11 is 0. The summed E-state index contributed by atoms with van der Waals surface area (Å²) in [5, 5.41) is 3.13. The third-order valence-electron chi connectivity index (χ3n) is 3.26. The van der Waals surface area contributed by atoms with Crippen LogP contribution in [0.1, 0.15) is 18.2 Å². The molecule has 1 heterocycles. The molecular formula is C15H19N3O. The number of aryl methyl sites for hydroxylation is 1. The van der Waals surface area contributed by atoms with E-state index in [0.717, 1.165) is 22.9 Å². The SMILES string of the molecule is C=C(C(N)=O)c1ccc2c(c1)cc(CC)n2N(C)C. The minimum atomic E-state index is -0.484. The summed E-state index contributed by atoms with van der Waals surface area (Å²) in [4.78, 5) is 11.2. The lowest BCUT2D eigenvalue weighted by molar-refractivity contribution is -0.112. The molecule has 0 bridgehead atoms. The molecule has 1 amide bonds. The summed E-state index contributed by atoms with van der Waals surface area (Å²) in [7, 11) is 4.02. The molecule has 0 spiro atoms. The first-order chi connectivity index (χ1) is 8.95. The Hall–Kier alpha value is -2.23. The predicted molar refractivity (Wildman–Crippen MR) is 79.6 cm³/mol. The minimum absolute atomic E-state index is 0.345. The van der Waals surface area contributed by atoms with E-state index in [1.54, 1.807) is 0 Å². The number of nitrogens with zero attached hydrogens (tertiary/aromatic N) is 2. The molecule has 0 saturated heterocycles. The molecule has 4 heteroatoms. The Bertz CT molecular complexity index is 653. The van der Waals surface area contributed by atoms with E-state index in [4.69, 9.17) is 5.73 Å². The number of hydrogen-bond acceptors (Lipinski definition) is 2. The molecule has 0 fully saturated rings. The van der Waals surface area contributed by atoms with Crippen molar-refractivity contribution in [2.24, 2.45) is 5.73 Å². The zero-order valence-corrected chi connectivity index (χ0v) is 11.6. The van der Waals surface area contributed by atoms with Gasteiger partial charge in [0.25, 0.3) is 0 Å². The van der Waals surface area contributed by atoms with Gasteiger partial charge in [-0.25, -0.2) is 0 Å². The number of aromatic nitrogens is 1. The number of rotatable bonds is 4. The maximum absolute atomic E-state index is 11.2. The van der Waals surface area contributed by atoms with Gasteiger partial charge >= 0.3 is 0 Å². The maximum atomic E-state index is 11.2. The highest BCUT2D eigenvalue weighted by Crippen LogP contribution is 2.24. The van der Waals surface area contributed by atoms with Crippen LogP contribution >= 0.6 is 0 Å². The van der Waals surface area contributed by atoms with E-state index in [9.17, 15) is 4.79 Å². The van der Waals surface area contributed by atoms with Gasteiger partial charge in [0.1, 0.15) is 0 Å². The van der Waals surface area contributed by atoms with Crippen LogP contribution in [0.4, 0.5) is 0 Å². The molecule has 1 aromatic heterocycles. The standard InChI is InChI=1S/C15H19N3O/c1-5-13-9-12-8-11(10(2)15(16)19)6-7-14(12)18(13)17(3)4/h6-9H,2,5H2,1,3-4H3,(H2,16,19). The fourth-order valence-corrected chi connectivity index (χ4v) is 2.31. The highest BCUT2D eigenvalue weighted by molar-refractivity contribution is 6.18. The second-order valence-corrected chi connectivity index (χ2v) is 4.76. The van der Waals surface area contributed by atoms with Gasteiger partial charge in [-0.3, -0.25) is 9.47 Å². The first kappa shape index (κ1) is 13.2. The summed E-state index contributed by atoms with van der Waals surface area (Å²) in [6.07, 6.45) is 0.943. The first-order valence-electron chi connectivity index (χ1n) is 6.26. The topological polar surface area (TPSA) is 51.3 Å². The highest BCUT2D eigenvalue weighted by atomic mass is 16.1. The van der Waals surface area contributed by atoms with E-state index in [2.05, 4.69) is 24.2 Å². The van der Waals surface area contributed by atoms with Gasteiger partial charge in [-0.2, -0.15) is 0 Å². The van der Waals surface area contributed by atoms with E-state index in [1.807, 2.05) is 37.3 Å². The molecule has 100 valence electrons. The fraction of sp³-hybridized carbons (Fsp3) is 0.267. The van der Waals surface area contributed by atoms with Crippen LogP contribution in [-0.2, 0) is 11.2 Å². The van der Waals surface area contributed by atoms with Crippen LogP contribution in [-0.4, -0.2) is 24.7 Å². The quantitative estimate of drug-likeness (QED) is 0.850. The third-order valence-corrected chi connectivity index (χ3v) is 3.26. The van der Waals surface area contributed by atoms with Crippen molar-refractivity contribution in [2.45, 2.75) is 13.3 Å². The minimum Gasteiger partial charge on any atom is -0.366 e. The number of nitrogens with two attached hydrogens (primary N) is 1. The molecule has 2 rings (SSSR count). The van der Waals surface area contributed by atoms with Crippen molar-refractivity contribution in [1.82, 2.24) is 4.68 Å². The number of carbonyl (C=O) groups is 1. The Labute approximate surface area is 113 Å². The zero-order valence-electron chi connectivity index (χ0n) is 11.6. The molecule has 0 atom stereocenters. The summed E-state index contributed by atoms with van der Waals surface area (Å²) in [5.74, 6) is -0.484. The molecule has 4 nitrogen and oxygen atoms in total. The summed E-state index contributed by atoms with van der Waals surface area (Å²) in [5.41, 5.74) is 8.73. The number of carbonyl (C=O) groups excluding carboxylic acids is 1. The Kier molecular flexibility index (Phi) is 3.34. The summed E-state index contributed by atoms with van der Waals surface area (Å²) < 4.78 is 2.16. The Morgan fingerprint density at radius 3 is 2.58 bits per heavy atom. The lowest BCUT2D eigenvalue weighted by Gasteiger charge is -2.19. The smallest absolute Gasteiger partial charge is 0.248 e. The van der Waals surface area contributed by atoms with Crippen LogP contribution in [0.15, 0.2) is 30.8 Å². The van der Waals surface area contributed by atoms with Crippen molar-refractivity contribution >= 4 is 22.4 Å². The molecule has 0 radical (unpaired) electrons. The van der Waals surface area contributed by atoms with E-state index in [1.165, 1.54) is 5.69 Å². The van der Waals surface area contributed by atoms with E-state index >= 15 is 0 Å². The lowest BCUT2D eigenvalue weighted by atomic mass is 10.1. The van der Waals surface area contributed by atoms with E-state index in [0.29, 0.717) is 5.57 Å². The lowest BCUT2D eigenvalue weighted by Crippen LogP contribution is -2.26. The second kappa shape index (κ2) is 4.80. The Morgan fingerprint density at radius 2 is 2.05 bits per heavy atom. The van der Waals surface area contributed by atoms with Crippen molar-refractivity contribution in [3.05, 3.63) is 42.1 Å². The van der Waals surface area contributed by atoms with Gasteiger partial charge in [-0.05, 0) is 30.2 Å². The van der Waals surface area contributed by atoms with Gasteiger partial charge in [0, 0.05) is 30.7 Å².